The summed E-state index contributed by atoms with van der Waals surface area (Å²) in [7, 11) is 0. The minimum absolute atomic E-state index is 0.601. The van der Waals surface area contributed by atoms with Gasteiger partial charge in [-0.15, -0.1) is 0 Å². The van der Waals surface area contributed by atoms with Gasteiger partial charge in [-0.2, -0.15) is 0 Å². The van der Waals surface area contributed by atoms with Gasteiger partial charge in [0.25, 0.3) is 0 Å². The van der Waals surface area contributed by atoms with E-state index in [9.17, 15) is 0 Å². The van der Waals surface area contributed by atoms with Crippen LogP contribution < -0.4 is 0 Å². The van der Waals surface area contributed by atoms with Crippen molar-refractivity contribution in [1.82, 2.24) is 9.55 Å². The predicted octanol–water partition coefficient (Wildman–Crippen LogP) is 5.05. The lowest BCUT2D eigenvalue weighted by Crippen LogP contribution is -2.09. The van der Waals surface area contributed by atoms with Crippen molar-refractivity contribution in [1.29, 1.82) is 0 Å². The average molecular weight is 343 g/mol. The lowest BCUT2D eigenvalue weighted by atomic mass is 10.1. The fourth-order valence-corrected chi connectivity index (χ4v) is 3.11. The number of halogens is 1. The summed E-state index contributed by atoms with van der Waals surface area (Å²) in [6.07, 6.45) is 0.862. The quantitative estimate of drug-likeness (QED) is 0.648. The topological polar surface area (TPSA) is 17.8 Å². The standard InChI is InChI=1S/C18H19BrN2/c1-13(2)12-21-17-9-4-3-8-16(17)20-18(21)11-14-6-5-7-15(19)10-14/h3-10,13H,11-12H2,1-2H3. The van der Waals surface area contributed by atoms with Gasteiger partial charge in [-0.05, 0) is 35.7 Å². The minimum atomic E-state index is 0.601. The molecule has 2 nitrogen and oxygen atoms in total. The maximum Gasteiger partial charge on any atom is 0.114 e. The summed E-state index contributed by atoms with van der Waals surface area (Å²) in [6.45, 7) is 5.50. The summed E-state index contributed by atoms with van der Waals surface area (Å²) >= 11 is 3.54. The van der Waals surface area contributed by atoms with Gasteiger partial charge in [-0.25, -0.2) is 4.98 Å². The molecule has 0 aliphatic carbocycles. The Balaban J connectivity index is 2.04. The van der Waals surface area contributed by atoms with E-state index in [1.54, 1.807) is 0 Å². The van der Waals surface area contributed by atoms with Crippen LogP contribution >= 0.6 is 15.9 Å². The highest BCUT2D eigenvalue weighted by molar-refractivity contribution is 9.10. The summed E-state index contributed by atoms with van der Waals surface area (Å²) in [5.74, 6) is 1.74. The molecule has 3 aromatic rings. The molecular weight excluding hydrogens is 324 g/mol. The van der Waals surface area contributed by atoms with E-state index >= 15 is 0 Å². The van der Waals surface area contributed by atoms with E-state index in [2.05, 4.69) is 82.9 Å². The highest BCUT2D eigenvalue weighted by atomic mass is 79.9. The second kappa shape index (κ2) is 6.02. The van der Waals surface area contributed by atoms with Crippen molar-refractivity contribution < 1.29 is 0 Å². The van der Waals surface area contributed by atoms with Crippen molar-refractivity contribution in [2.24, 2.45) is 5.92 Å². The normalized spacial score (nSPS) is 11.4. The van der Waals surface area contributed by atoms with Crippen molar-refractivity contribution in [3.05, 3.63) is 64.4 Å². The molecule has 0 aliphatic heterocycles. The summed E-state index contributed by atoms with van der Waals surface area (Å²) in [5.41, 5.74) is 3.60. The molecule has 0 unspecified atom stereocenters. The molecule has 3 rings (SSSR count). The summed E-state index contributed by atoms with van der Waals surface area (Å²) in [5, 5.41) is 0. The van der Waals surface area contributed by atoms with Crippen molar-refractivity contribution in [3.8, 4) is 0 Å². The van der Waals surface area contributed by atoms with Gasteiger partial charge in [0.05, 0.1) is 11.0 Å². The Kier molecular flexibility index (Phi) is 4.11. The first-order valence-corrected chi connectivity index (χ1v) is 8.11. The van der Waals surface area contributed by atoms with E-state index in [0.29, 0.717) is 5.92 Å². The van der Waals surface area contributed by atoms with Crippen molar-refractivity contribution in [2.75, 3.05) is 0 Å². The second-order valence-electron chi connectivity index (χ2n) is 5.83. The Morgan fingerprint density at radius 2 is 1.90 bits per heavy atom. The summed E-state index contributed by atoms with van der Waals surface area (Å²) in [6, 6.07) is 16.9. The lowest BCUT2D eigenvalue weighted by molar-refractivity contribution is 0.520. The van der Waals surface area contributed by atoms with Gasteiger partial charge in [-0.3, -0.25) is 0 Å². The molecule has 0 aliphatic rings. The molecule has 0 fully saturated rings. The monoisotopic (exact) mass is 342 g/mol. The molecule has 0 N–H and O–H groups in total. The number of para-hydroxylation sites is 2. The Hall–Kier alpha value is -1.61. The molecule has 0 spiro atoms. The SMILES string of the molecule is CC(C)Cn1c(Cc2cccc(Br)c2)nc2ccccc21. The number of benzene rings is 2. The van der Waals surface area contributed by atoms with Crippen LogP contribution in [0.5, 0.6) is 0 Å². The van der Waals surface area contributed by atoms with Gasteiger partial charge >= 0.3 is 0 Å². The molecule has 0 bridgehead atoms. The number of nitrogens with zero attached hydrogens (tertiary/aromatic N) is 2. The molecule has 21 heavy (non-hydrogen) atoms. The fraction of sp³-hybridized carbons (Fsp3) is 0.278. The zero-order valence-corrected chi connectivity index (χ0v) is 14.0. The van der Waals surface area contributed by atoms with Gasteiger partial charge < -0.3 is 4.57 Å². The van der Waals surface area contributed by atoms with Crippen LogP contribution in [0.15, 0.2) is 53.0 Å². The van der Waals surface area contributed by atoms with Crippen LogP contribution in [0, 0.1) is 5.92 Å². The van der Waals surface area contributed by atoms with Crippen LogP contribution in [0.4, 0.5) is 0 Å². The van der Waals surface area contributed by atoms with Crippen molar-refractivity contribution in [3.63, 3.8) is 0 Å². The number of hydrogen-bond acceptors (Lipinski definition) is 1. The predicted molar refractivity (Wildman–Crippen MR) is 91.5 cm³/mol. The molecule has 108 valence electrons. The highest BCUT2D eigenvalue weighted by Crippen LogP contribution is 2.21. The number of fused-ring (bicyclic) bond motifs is 1. The fourth-order valence-electron chi connectivity index (χ4n) is 2.66. The largest absolute Gasteiger partial charge is 0.327 e. The van der Waals surface area contributed by atoms with Crippen LogP contribution in [-0.2, 0) is 13.0 Å². The Morgan fingerprint density at radius 3 is 2.67 bits per heavy atom. The Morgan fingerprint density at radius 1 is 1.10 bits per heavy atom. The van der Waals surface area contributed by atoms with Gasteiger partial charge in [-0.1, -0.05) is 54.0 Å². The van der Waals surface area contributed by atoms with E-state index in [1.807, 2.05) is 0 Å². The molecule has 0 radical (unpaired) electrons. The van der Waals surface area contributed by atoms with Crippen molar-refractivity contribution in [2.45, 2.75) is 26.8 Å². The molecular formula is C18H19BrN2. The summed E-state index contributed by atoms with van der Waals surface area (Å²) < 4.78 is 3.48. The molecule has 0 atom stereocenters. The molecule has 1 aromatic heterocycles. The molecule has 0 saturated heterocycles. The Bertz CT molecular complexity index is 759. The maximum absolute atomic E-state index is 4.84. The first kappa shape index (κ1) is 14.3. The third kappa shape index (κ3) is 3.18. The van der Waals surface area contributed by atoms with Crippen molar-refractivity contribution >= 4 is 27.0 Å². The van der Waals surface area contributed by atoms with Crippen LogP contribution in [0.25, 0.3) is 11.0 Å². The van der Waals surface area contributed by atoms with E-state index < -0.39 is 0 Å². The van der Waals surface area contributed by atoms with E-state index in [-0.39, 0.29) is 0 Å². The molecule has 3 heteroatoms. The van der Waals surface area contributed by atoms with Crippen LogP contribution in [0.3, 0.4) is 0 Å². The second-order valence-corrected chi connectivity index (χ2v) is 6.74. The van der Waals surface area contributed by atoms with Gasteiger partial charge in [0.15, 0.2) is 0 Å². The Labute approximate surface area is 134 Å². The highest BCUT2D eigenvalue weighted by Gasteiger charge is 2.12. The third-order valence-electron chi connectivity index (χ3n) is 3.53. The van der Waals surface area contributed by atoms with E-state index in [4.69, 9.17) is 4.98 Å². The number of hydrogen-bond donors (Lipinski definition) is 0. The zero-order chi connectivity index (χ0) is 14.8. The van der Waals surface area contributed by atoms with Gasteiger partial charge in [0, 0.05) is 17.4 Å². The first-order chi connectivity index (χ1) is 10.1. The summed E-state index contributed by atoms with van der Waals surface area (Å²) in [4.78, 5) is 4.84. The van der Waals surface area contributed by atoms with E-state index in [1.165, 1.54) is 11.1 Å². The zero-order valence-electron chi connectivity index (χ0n) is 12.4. The minimum Gasteiger partial charge on any atom is -0.327 e. The molecule has 0 saturated carbocycles. The van der Waals surface area contributed by atoms with Crippen LogP contribution in [0.1, 0.15) is 25.2 Å². The number of aromatic nitrogens is 2. The van der Waals surface area contributed by atoms with Gasteiger partial charge in [0.2, 0.25) is 0 Å². The van der Waals surface area contributed by atoms with Gasteiger partial charge in [0.1, 0.15) is 5.82 Å². The molecule has 2 aromatic carbocycles. The number of imidazole rings is 1. The maximum atomic E-state index is 4.84. The average Bonchev–Trinajstić information content (AvgIpc) is 2.76. The van der Waals surface area contributed by atoms with E-state index in [0.717, 1.165) is 28.8 Å². The molecule has 1 heterocycles. The smallest absolute Gasteiger partial charge is 0.114 e. The molecule has 0 amide bonds. The first-order valence-electron chi connectivity index (χ1n) is 7.32. The van der Waals surface area contributed by atoms with Crippen LogP contribution in [0.2, 0.25) is 0 Å². The number of rotatable bonds is 4. The lowest BCUT2D eigenvalue weighted by Gasteiger charge is -2.12. The third-order valence-corrected chi connectivity index (χ3v) is 4.03. The van der Waals surface area contributed by atoms with Crippen LogP contribution in [-0.4, -0.2) is 9.55 Å².